The highest BCUT2D eigenvalue weighted by molar-refractivity contribution is 9.10. The van der Waals surface area contributed by atoms with Gasteiger partial charge in [-0.3, -0.25) is 0 Å². The molecule has 0 aliphatic rings. The molecule has 0 saturated heterocycles. The quantitative estimate of drug-likeness (QED) is 0.405. The molecule has 0 aromatic heterocycles. The predicted octanol–water partition coefficient (Wildman–Crippen LogP) is 6.97. The first kappa shape index (κ1) is 25.7. The fraction of sp³-hybridized carbons (Fsp3) is 0.667. The van der Waals surface area contributed by atoms with E-state index in [1.807, 2.05) is 62.3 Å². The first-order chi connectivity index (χ1) is 13.3. The normalized spacial score (nSPS) is 14.3. The molecule has 1 rings (SSSR count). The van der Waals surface area contributed by atoms with E-state index >= 15 is 0 Å². The standard InChI is InChI=1S/C24H37BrO4/c1-10-15-13-16(21(26)28-19(11-2)23(4,5)6)17(14-18(15)25)22(27)29-20(12-3)24(7,8)9/h13-14,19-20H,10-12H2,1-9H3. The van der Waals surface area contributed by atoms with Gasteiger partial charge in [-0.25, -0.2) is 9.59 Å². The van der Waals surface area contributed by atoms with E-state index in [-0.39, 0.29) is 34.2 Å². The predicted molar refractivity (Wildman–Crippen MR) is 121 cm³/mol. The number of benzene rings is 1. The summed E-state index contributed by atoms with van der Waals surface area (Å²) in [5.74, 6) is -0.976. The van der Waals surface area contributed by atoms with Crippen LogP contribution in [0.4, 0.5) is 0 Å². The third-order valence-corrected chi connectivity index (χ3v) is 5.92. The Balaban J connectivity index is 3.35. The molecule has 2 atom stereocenters. The maximum absolute atomic E-state index is 13.1. The lowest BCUT2D eigenvalue weighted by molar-refractivity contribution is -0.00794. The summed E-state index contributed by atoms with van der Waals surface area (Å²) in [7, 11) is 0. The zero-order valence-electron chi connectivity index (χ0n) is 19.4. The van der Waals surface area contributed by atoms with Crippen LogP contribution in [0.25, 0.3) is 0 Å². The molecular formula is C24H37BrO4. The van der Waals surface area contributed by atoms with Gasteiger partial charge in [0.15, 0.2) is 0 Å². The number of rotatable bonds is 7. The minimum absolute atomic E-state index is 0.187. The van der Waals surface area contributed by atoms with E-state index < -0.39 is 11.9 Å². The third kappa shape index (κ3) is 6.84. The van der Waals surface area contributed by atoms with Crippen LogP contribution in [0.3, 0.4) is 0 Å². The highest BCUT2D eigenvalue weighted by Crippen LogP contribution is 2.30. The molecule has 164 valence electrons. The van der Waals surface area contributed by atoms with Gasteiger partial charge in [-0.1, -0.05) is 78.2 Å². The molecule has 5 heteroatoms. The highest BCUT2D eigenvalue weighted by Gasteiger charge is 2.32. The van der Waals surface area contributed by atoms with Gasteiger partial charge >= 0.3 is 11.9 Å². The number of carbonyl (C=O) groups excluding carboxylic acids is 2. The molecule has 1 aromatic carbocycles. The van der Waals surface area contributed by atoms with Crippen molar-refractivity contribution in [2.45, 2.75) is 93.8 Å². The fourth-order valence-electron chi connectivity index (χ4n) is 3.36. The minimum Gasteiger partial charge on any atom is -0.458 e. The fourth-order valence-corrected chi connectivity index (χ4v) is 3.98. The molecule has 0 heterocycles. The lowest BCUT2D eigenvalue weighted by Gasteiger charge is -2.30. The van der Waals surface area contributed by atoms with Crippen LogP contribution in [0.1, 0.15) is 101 Å². The smallest absolute Gasteiger partial charge is 0.339 e. The van der Waals surface area contributed by atoms with Gasteiger partial charge in [0.2, 0.25) is 0 Å². The van der Waals surface area contributed by atoms with E-state index in [4.69, 9.17) is 9.47 Å². The number of ether oxygens (including phenoxy) is 2. The highest BCUT2D eigenvalue weighted by atomic mass is 79.9. The summed E-state index contributed by atoms with van der Waals surface area (Å²) in [4.78, 5) is 26.1. The number of halogens is 1. The molecule has 0 N–H and O–H groups in total. The monoisotopic (exact) mass is 468 g/mol. The number of carbonyl (C=O) groups is 2. The lowest BCUT2D eigenvalue weighted by Crippen LogP contribution is -2.33. The maximum Gasteiger partial charge on any atom is 0.339 e. The second-order valence-electron chi connectivity index (χ2n) is 9.68. The van der Waals surface area contributed by atoms with Crippen LogP contribution in [0.5, 0.6) is 0 Å². The van der Waals surface area contributed by atoms with E-state index in [9.17, 15) is 9.59 Å². The summed E-state index contributed by atoms with van der Waals surface area (Å²) in [6.45, 7) is 18.2. The van der Waals surface area contributed by atoms with Gasteiger partial charge in [0.25, 0.3) is 0 Å². The van der Waals surface area contributed by atoms with Crippen molar-refractivity contribution in [2.75, 3.05) is 0 Å². The molecule has 1 aromatic rings. The van der Waals surface area contributed by atoms with Crippen LogP contribution >= 0.6 is 15.9 Å². The van der Waals surface area contributed by atoms with Gasteiger partial charge in [-0.15, -0.1) is 0 Å². The van der Waals surface area contributed by atoms with E-state index in [1.54, 1.807) is 12.1 Å². The van der Waals surface area contributed by atoms with Gasteiger partial charge in [0, 0.05) is 4.47 Å². The largest absolute Gasteiger partial charge is 0.458 e. The summed E-state index contributed by atoms with van der Waals surface area (Å²) >= 11 is 3.52. The van der Waals surface area contributed by atoms with E-state index in [2.05, 4.69) is 15.9 Å². The molecule has 0 radical (unpaired) electrons. The summed E-state index contributed by atoms with van der Waals surface area (Å²) in [5, 5.41) is 0. The molecule has 0 spiro atoms. The SMILES string of the molecule is CCc1cc(C(=O)OC(CC)C(C)(C)C)c(C(=O)OC(CC)C(C)(C)C)cc1Br. The Morgan fingerprint density at radius 1 is 0.828 bits per heavy atom. The Bertz CT molecular complexity index is 726. The first-order valence-corrected chi connectivity index (χ1v) is 11.3. The number of esters is 2. The molecular weight excluding hydrogens is 432 g/mol. The second-order valence-corrected chi connectivity index (χ2v) is 10.5. The van der Waals surface area contributed by atoms with Crippen molar-refractivity contribution in [3.8, 4) is 0 Å². The van der Waals surface area contributed by atoms with Crippen molar-refractivity contribution in [3.63, 3.8) is 0 Å². The second kappa shape index (κ2) is 10.1. The Hall–Kier alpha value is -1.36. The Morgan fingerprint density at radius 2 is 1.21 bits per heavy atom. The summed E-state index contributed by atoms with van der Waals surface area (Å²) < 4.78 is 12.4. The van der Waals surface area contributed by atoms with E-state index in [0.717, 1.165) is 16.5 Å². The van der Waals surface area contributed by atoms with Gasteiger partial charge in [0.05, 0.1) is 11.1 Å². The van der Waals surface area contributed by atoms with Crippen molar-refractivity contribution < 1.29 is 19.1 Å². The molecule has 0 aliphatic carbocycles. The molecule has 2 unspecified atom stereocenters. The molecule has 0 amide bonds. The van der Waals surface area contributed by atoms with Crippen molar-refractivity contribution in [1.82, 2.24) is 0 Å². The topological polar surface area (TPSA) is 52.6 Å². The maximum atomic E-state index is 13.1. The molecule has 0 fully saturated rings. The molecule has 0 aliphatic heterocycles. The number of hydrogen-bond acceptors (Lipinski definition) is 4. The van der Waals surface area contributed by atoms with Gasteiger partial charge < -0.3 is 9.47 Å². The number of hydrogen-bond donors (Lipinski definition) is 0. The average molecular weight is 469 g/mol. The van der Waals surface area contributed by atoms with Gasteiger partial charge in [-0.2, -0.15) is 0 Å². The Kier molecular flexibility index (Phi) is 8.94. The molecule has 0 saturated carbocycles. The van der Waals surface area contributed by atoms with Crippen LogP contribution in [0, 0.1) is 10.8 Å². The van der Waals surface area contributed by atoms with Crippen molar-refractivity contribution in [2.24, 2.45) is 10.8 Å². The minimum atomic E-state index is -0.495. The average Bonchev–Trinajstić information content (AvgIpc) is 2.61. The lowest BCUT2D eigenvalue weighted by atomic mass is 9.87. The van der Waals surface area contributed by atoms with Crippen molar-refractivity contribution >= 4 is 27.9 Å². The number of aryl methyl sites for hydroxylation is 1. The zero-order valence-corrected chi connectivity index (χ0v) is 21.0. The first-order valence-electron chi connectivity index (χ1n) is 10.5. The van der Waals surface area contributed by atoms with Crippen LogP contribution in [-0.4, -0.2) is 24.1 Å². The van der Waals surface area contributed by atoms with E-state index in [0.29, 0.717) is 12.8 Å². The van der Waals surface area contributed by atoms with Gasteiger partial charge in [0.1, 0.15) is 12.2 Å². The third-order valence-electron chi connectivity index (χ3n) is 5.18. The van der Waals surface area contributed by atoms with Crippen LogP contribution in [0.15, 0.2) is 16.6 Å². The zero-order chi connectivity index (χ0) is 22.6. The van der Waals surface area contributed by atoms with Crippen LogP contribution in [-0.2, 0) is 15.9 Å². The van der Waals surface area contributed by atoms with E-state index in [1.165, 1.54) is 0 Å². The summed E-state index contributed by atoms with van der Waals surface area (Å²) in [5.41, 5.74) is 1.07. The Morgan fingerprint density at radius 3 is 1.52 bits per heavy atom. The summed E-state index contributed by atoms with van der Waals surface area (Å²) in [6.07, 6.45) is 1.64. The Labute approximate surface area is 184 Å². The van der Waals surface area contributed by atoms with Gasteiger partial charge in [-0.05, 0) is 47.8 Å². The van der Waals surface area contributed by atoms with Crippen LogP contribution < -0.4 is 0 Å². The molecule has 29 heavy (non-hydrogen) atoms. The molecule has 0 bridgehead atoms. The van der Waals surface area contributed by atoms with Crippen molar-refractivity contribution in [1.29, 1.82) is 0 Å². The molecule has 4 nitrogen and oxygen atoms in total. The van der Waals surface area contributed by atoms with Crippen LogP contribution in [0.2, 0.25) is 0 Å². The van der Waals surface area contributed by atoms with Crippen molar-refractivity contribution in [3.05, 3.63) is 33.3 Å². The summed E-state index contributed by atoms with van der Waals surface area (Å²) in [6, 6.07) is 3.43.